The second kappa shape index (κ2) is 17.0. The first kappa shape index (κ1) is 44.6. The molecule has 316 valence electrons. The molecule has 0 aromatic rings. The number of aliphatic hydroxyl groups is 4. The van der Waals surface area contributed by atoms with Gasteiger partial charge in [-0.2, -0.15) is 0 Å². The van der Waals surface area contributed by atoms with Gasteiger partial charge in [-0.25, -0.2) is 0 Å². The van der Waals surface area contributed by atoms with Crippen LogP contribution in [0.3, 0.4) is 0 Å². The Morgan fingerprint density at radius 2 is 1.46 bits per heavy atom. The van der Waals surface area contributed by atoms with Crippen molar-refractivity contribution in [1.82, 2.24) is 4.90 Å². The van der Waals surface area contributed by atoms with E-state index in [1.165, 1.54) is 0 Å². The minimum absolute atomic E-state index is 0.0230. The molecule has 5 saturated heterocycles. The summed E-state index contributed by atoms with van der Waals surface area (Å²) in [6.45, 7) is 25.3. The smallest absolute Gasteiger partial charge is 0.286 e. The number of rotatable bonds is 11. The molecule has 13 heteroatoms. The largest absolute Gasteiger partial charge is 0.387 e. The van der Waals surface area contributed by atoms with Crippen LogP contribution in [0, 0.1) is 23.7 Å². The van der Waals surface area contributed by atoms with Gasteiger partial charge in [0.05, 0.1) is 59.8 Å². The molecular formula is C41H75NO12. The maximum Gasteiger partial charge on any atom is 0.286 e. The Hall–Kier alpha value is -0.520. The Morgan fingerprint density at radius 3 is 2.06 bits per heavy atom. The number of ether oxygens (including phenoxy) is 8. The number of hydrogen-bond donors (Lipinski definition) is 4. The third-order valence-corrected chi connectivity index (χ3v) is 13.7. The summed E-state index contributed by atoms with van der Waals surface area (Å²) in [6.07, 6.45) is -4.09. The van der Waals surface area contributed by atoms with Gasteiger partial charge < -0.3 is 58.3 Å². The summed E-state index contributed by atoms with van der Waals surface area (Å²) in [4.78, 5) is 2.35. The molecule has 0 aliphatic carbocycles. The van der Waals surface area contributed by atoms with Gasteiger partial charge >= 0.3 is 0 Å². The van der Waals surface area contributed by atoms with Gasteiger partial charge in [0.2, 0.25) is 0 Å². The topological polar surface area (TPSA) is 158 Å². The Morgan fingerprint density at radius 1 is 0.815 bits per heavy atom. The summed E-state index contributed by atoms with van der Waals surface area (Å²) in [7, 11) is 1.56. The zero-order valence-electron chi connectivity index (χ0n) is 35.4. The van der Waals surface area contributed by atoms with Crippen molar-refractivity contribution in [2.24, 2.45) is 23.7 Å². The minimum Gasteiger partial charge on any atom is -0.387 e. The van der Waals surface area contributed by atoms with Crippen molar-refractivity contribution in [3.05, 3.63) is 0 Å². The monoisotopic (exact) mass is 774 g/mol. The van der Waals surface area contributed by atoms with Gasteiger partial charge in [0, 0.05) is 31.4 Å². The summed E-state index contributed by atoms with van der Waals surface area (Å²) in [5.74, 6) is -3.90. The molecule has 5 rings (SSSR count). The van der Waals surface area contributed by atoms with E-state index >= 15 is 0 Å². The van der Waals surface area contributed by atoms with Crippen molar-refractivity contribution in [2.75, 3.05) is 20.2 Å². The minimum atomic E-state index is -2.18. The fourth-order valence-electron chi connectivity index (χ4n) is 10.7. The highest BCUT2D eigenvalue weighted by Gasteiger charge is 2.64. The van der Waals surface area contributed by atoms with Crippen LogP contribution in [0.2, 0.25) is 0 Å². The van der Waals surface area contributed by atoms with Gasteiger partial charge in [-0.1, -0.05) is 48.5 Å². The van der Waals surface area contributed by atoms with Crippen LogP contribution in [0.15, 0.2) is 0 Å². The fraction of sp³-hybridized carbons (Fsp3) is 1.00. The van der Waals surface area contributed by atoms with Crippen molar-refractivity contribution in [3.63, 3.8) is 0 Å². The standard InChI is InChI=1S/C41H75NO12/c1-14-17-42(18-15-2)28-19-23(5)48-37(31(28)43)51-35-25(7)33(50-30-21-38(10,47-13)34(44)27(9)49-30)26(8)41(46)52-29(16-3)40(12,45)36(54-41)24(6)32-22(4)20-39(35,11)53-32/h22-37,43-46H,14-21H2,1-13H3/t22-,23+,24-,25-,26+,27?,28?,29+,30-,31?,32?,33-,34-,35+,36+,37-,38?,39+,40+,41-/m0/s1. The molecule has 0 aromatic carbocycles. The predicted molar refractivity (Wildman–Crippen MR) is 201 cm³/mol. The van der Waals surface area contributed by atoms with Gasteiger partial charge in [-0.15, -0.1) is 0 Å². The molecule has 5 aliphatic rings. The number of nitrogens with zero attached hydrogens (tertiary/aromatic N) is 1. The van der Waals surface area contributed by atoms with Crippen LogP contribution >= 0.6 is 0 Å². The molecule has 0 spiro atoms. The average molecular weight is 774 g/mol. The molecule has 5 unspecified atom stereocenters. The average Bonchev–Trinajstić information content (AvgIpc) is 3.43. The molecule has 0 amide bonds. The van der Waals surface area contributed by atoms with Gasteiger partial charge in [0.15, 0.2) is 12.6 Å². The van der Waals surface area contributed by atoms with E-state index < -0.39 is 89.9 Å². The summed E-state index contributed by atoms with van der Waals surface area (Å²) >= 11 is 0. The molecule has 20 atom stereocenters. The summed E-state index contributed by atoms with van der Waals surface area (Å²) in [5, 5.41) is 47.7. The zero-order valence-corrected chi connectivity index (χ0v) is 35.4. The van der Waals surface area contributed by atoms with Crippen LogP contribution in [-0.4, -0.2) is 142 Å². The highest BCUT2D eigenvalue weighted by molar-refractivity contribution is 5.07. The molecule has 5 heterocycles. The molecule has 5 aliphatic heterocycles. The lowest BCUT2D eigenvalue weighted by molar-refractivity contribution is -0.481. The maximum atomic E-state index is 12.6. The molecule has 4 bridgehead atoms. The van der Waals surface area contributed by atoms with Crippen LogP contribution in [0.4, 0.5) is 0 Å². The zero-order chi connectivity index (χ0) is 40.1. The molecule has 5 fully saturated rings. The molecule has 54 heavy (non-hydrogen) atoms. The Kier molecular flexibility index (Phi) is 14.0. The van der Waals surface area contributed by atoms with E-state index in [0.717, 1.165) is 25.9 Å². The van der Waals surface area contributed by atoms with E-state index in [-0.39, 0.29) is 36.5 Å². The van der Waals surface area contributed by atoms with E-state index in [9.17, 15) is 20.4 Å². The normalized spacial score (nSPS) is 53.0. The number of fused-ring (bicyclic) bond motifs is 4. The Labute approximate surface area is 324 Å². The van der Waals surface area contributed by atoms with E-state index in [2.05, 4.69) is 32.6 Å². The first-order chi connectivity index (χ1) is 25.2. The van der Waals surface area contributed by atoms with Crippen LogP contribution in [-0.2, 0) is 37.9 Å². The molecule has 0 radical (unpaired) electrons. The van der Waals surface area contributed by atoms with Crippen molar-refractivity contribution in [1.29, 1.82) is 0 Å². The molecule has 13 nitrogen and oxygen atoms in total. The Bertz CT molecular complexity index is 1220. The fourth-order valence-corrected chi connectivity index (χ4v) is 10.7. The SMILES string of the molecule is CCCN(CCC)C1C[C@@H](C)O[C@@H](O[C@@H]2[C@@H](C)[C@H](O[C@H]3CC(C)(OC)[C@@H](O)C(C)O3)[C@@H](C)[C@@]3(O)O[C@H]([C@@H](C)C4O[C@]2(C)C[C@@H]4C)[C@](C)(O)[C@@H](CC)O3)C1O. The summed E-state index contributed by atoms with van der Waals surface area (Å²) in [5.41, 5.74) is -3.31. The van der Waals surface area contributed by atoms with Crippen LogP contribution in [0.25, 0.3) is 0 Å². The molecule has 0 saturated carbocycles. The Balaban J connectivity index is 1.61. The van der Waals surface area contributed by atoms with Crippen molar-refractivity contribution in [2.45, 2.75) is 218 Å². The van der Waals surface area contributed by atoms with Crippen LogP contribution < -0.4 is 0 Å². The third kappa shape index (κ3) is 8.33. The first-order valence-electron chi connectivity index (χ1n) is 20.9. The van der Waals surface area contributed by atoms with Crippen molar-refractivity contribution >= 4 is 0 Å². The summed E-state index contributed by atoms with van der Waals surface area (Å²) in [6, 6.07) is -0.156. The van der Waals surface area contributed by atoms with Gasteiger partial charge in [0.1, 0.15) is 17.8 Å². The van der Waals surface area contributed by atoms with Crippen LogP contribution in [0.5, 0.6) is 0 Å². The first-order valence-corrected chi connectivity index (χ1v) is 20.9. The lowest BCUT2D eigenvalue weighted by Gasteiger charge is -2.55. The highest BCUT2D eigenvalue weighted by Crippen LogP contribution is 2.52. The molecule has 4 N–H and O–H groups in total. The lowest BCUT2D eigenvalue weighted by atomic mass is 9.74. The lowest BCUT2D eigenvalue weighted by Crippen LogP contribution is -2.69. The van der Waals surface area contributed by atoms with E-state index in [4.69, 9.17) is 37.9 Å². The van der Waals surface area contributed by atoms with Crippen LogP contribution in [0.1, 0.15) is 122 Å². The van der Waals surface area contributed by atoms with E-state index in [1.807, 2.05) is 41.5 Å². The quantitative estimate of drug-likeness (QED) is 0.235. The van der Waals surface area contributed by atoms with Gasteiger partial charge in [0.25, 0.3) is 5.97 Å². The molecule has 0 aromatic heterocycles. The highest BCUT2D eigenvalue weighted by atomic mass is 16.8. The molecular weight excluding hydrogens is 698 g/mol. The second-order valence-electron chi connectivity index (χ2n) is 18.2. The van der Waals surface area contributed by atoms with Crippen molar-refractivity contribution < 1.29 is 58.3 Å². The third-order valence-electron chi connectivity index (χ3n) is 13.7. The number of methoxy groups -OCH3 is 1. The number of aliphatic hydroxyl groups excluding tert-OH is 2. The van der Waals surface area contributed by atoms with Gasteiger partial charge in [-0.05, 0) is 85.7 Å². The summed E-state index contributed by atoms with van der Waals surface area (Å²) < 4.78 is 52.8. The second-order valence-corrected chi connectivity index (χ2v) is 18.2. The van der Waals surface area contributed by atoms with Crippen molar-refractivity contribution in [3.8, 4) is 0 Å². The van der Waals surface area contributed by atoms with E-state index in [1.54, 1.807) is 21.0 Å². The van der Waals surface area contributed by atoms with E-state index in [0.29, 0.717) is 19.3 Å². The van der Waals surface area contributed by atoms with Gasteiger partial charge in [-0.3, -0.25) is 4.90 Å². The predicted octanol–water partition coefficient (Wildman–Crippen LogP) is 4.34. The number of hydrogen-bond acceptors (Lipinski definition) is 13. The maximum absolute atomic E-state index is 12.6.